The van der Waals surface area contributed by atoms with Gasteiger partial charge in [-0.15, -0.1) is 0 Å². The Bertz CT molecular complexity index is 700. The third-order valence-corrected chi connectivity index (χ3v) is 3.21. The minimum Gasteiger partial charge on any atom is -0.481 e. The highest BCUT2D eigenvalue weighted by Gasteiger charge is 2.13. The molecule has 6 nitrogen and oxygen atoms in total. The van der Waals surface area contributed by atoms with Crippen molar-refractivity contribution in [2.45, 2.75) is 19.8 Å². The van der Waals surface area contributed by atoms with Gasteiger partial charge in [-0.3, -0.25) is 9.59 Å². The summed E-state index contributed by atoms with van der Waals surface area (Å²) >= 11 is 0. The predicted molar refractivity (Wildman–Crippen MR) is 86.5 cm³/mol. The maximum Gasteiger partial charge on any atom is 0.307 e. The lowest BCUT2D eigenvalue weighted by Gasteiger charge is -2.09. The second kappa shape index (κ2) is 8.12. The van der Waals surface area contributed by atoms with Gasteiger partial charge in [0.25, 0.3) is 5.91 Å². The Morgan fingerprint density at radius 1 is 1.26 bits per heavy atom. The van der Waals surface area contributed by atoms with Gasteiger partial charge in [-0.2, -0.15) is 0 Å². The van der Waals surface area contributed by atoms with Crippen molar-refractivity contribution >= 4 is 22.6 Å². The molecule has 0 spiro atoms. The summed E-state index contributed by atoms with van der Waals surface area (Å²) in [5, 5.41) is 4.37. The number of nitrogens with one attached hydrogen (secondary N) is 1. The summed E-state index contributed by atoms with van der Waals surface area (Å²) in [5.41, 5.74) is 0.252. The molecule has 1 heterocycles. The van der Waals surface area contributed by atoms with E-state index in [2.05, 4.69) is 10.3 Å². The molecule has 6 heteroatoms. The van der Waals surface area contributed by atoms with Gasteiger partial charge in [-0.25, -0.2) is 4.98 Å². The summed E-state index contributed by atoms with van der Waals surface area (Å²) in [7, 11) is 1.51. The third kappa shape index (κ3) is 4.42. The summed E-state index contributed by atoms with van der Waals surface area (Å²) in [6.45, 7) is 2.53. The zero-order chi connectivity index (χ0) is 16.7. The predicted octanol–water partition coefficient (Wildman–Crippen LogP) is 2.32. The Kier molecular flexibility index (Phi) is 5.91. The number of fused-ring (bicyclic) bond motifs is 1. The lowest BCUT2D eigenvalue weighted by atomic mass is 10.1. The number of benzene rings is 1. The van der Waals surface area contributed by atoms with Gasteiger partial charge >= 0.3 is 5.97 Å². The molecule has 0 fully saturated rings. The van der Waals surface area contributed by atoms with E-state index in [1.165, 1.54) is 7.11 Å². The topological polar surface area (TPSA) is 77.5 Å². The third-order valence-electron chi connectivity index (χ3n) is 3.21. The molecule has 2 rings (SSSR count). The number of hydrogen-bond acceptors (Lipinski definition) is 5. The summed E-state index contributed by atoms with van der Waals surface area (Å²) in [5.74, 6) is -0.274. The second-order valence-corrected chi connectivity index (χ2v) is 4.96. The molecule has 0 aliphatic heterocycles. The Balaban J connectivity index is 2.02. The Morgan fingerprint density at radius 2 is 2.04 bits per heavy atom. The number of nitrogens with zero attached hydrogens (tertiary/aromatic N) is 1. The lowest BCUT2D eigenvalue weighted by molar-refractivity contribution is -0.143. The molecule has 0 aliphatic carbocycles. The van der Waals surface area contributed by atoms with Crippen LogP contribution in [0.25, 0.3) is 10.8 Å². The monoisotopic (exact) mass is 316 g/mol. The first-order valence-corrected chi connectivity index (χ1v) is 7.53. The normalized spacial score (nSPS) is 10.3. The number of ether oxygens (including phenoxy) is 2. The van der Waals surface area contributed by atoms with E-state index in [1.807, 2.05) is 31.2 Å². The molecular weight excluding hydrogens is 296 g/mol. The molecule has 1 aromatic carbocycles. The van der Waals surface area contributed by atoms with Crippen LogP contribution in [-0.4, -0.2) is 37.1 Å². The maximum absolute atomic E-state index is 12.2. The highest BCUT2D eigenvalue weighted by Crippen LogP contribution is 2.23. The van der Waals surface area contributed by atoms with Gasteiger partial charge in [0.15, 0.2) is 0 Å². The Morgan fingerprint density at radius 3 is 2.78 bits per heavy atom. The van der Waals surface area contributed by atoms with Gasteiger partial charge in [-0.1, -0.05) is 25.1 Å². The quantitative estimate of drug-likeness (QED) is 0.793. The van der Waals surface area contributed by atoms with E-state index in [0.29, 0.717) is 12.5 Å². The van der Waals surface area contributed by atoms with Crippen LogP contribution in [-0.2, 0) is 9.53 Å². The van der Waals surface area contributed by atoms with Crippen LogP contribution in [0.1, 0.15) is 30.3 Å². The minimum absolute atomic E-state index is 0.135. The van der Waals surface area contributed by atoms with Crippen LogP contribution in [0.4, 0.5) is 0 Å². The summed E-state index contributed by atoms with van der Waals surface area (Å²) in [6, 6.07) is 9.23. The van der Waals surface area contributed by atoms with E-state index in [-0.39, 0.29) is 30.5 Å². The standard InChI is InChI=1S/C17H20N2O4/c1-3-10-23-15(20)8-9-18-16(21)14-11-12-6-4-5-7-13(12)17(19-14)22-2/h4-7,11H,3,8-10H2,1-2H3,(H,18,21). The van der Waals surface area contributed by atoms with Crippen LogP contribution in [0.5, 0.6) is 5.88 Å². The molecule has 122 valence electrons. The van der Waals surface area contributed by atoms with E-state index in [0.717, 1.165) is 17.2 Å². The zero-order valence-electron chi connectivity index (χ0n) is 13.3. The van der Waals surface area contributed by atoms with Crippen LogP contribution in [0.2, 0.25) is 0 Å². The molecule has 23 heavy (non-hydrogen) atoms. The van der Waals surface area contributed by atoms with Crippen LogP contribution in [0, 0.1) is 0 Å². The van der Waals surface area contributed by atoms with Gasteiger partial charge in [0.05, 0.1) is 20.1 Å². The molecule has 0 atom stereocenters. The fourth-order valence-electron chi connectivity index (χ4n) is 2.10. The molecule has 0 saturated heterocycles. The molecule has 0 aliphatic rings. The number of amides is 1. The van der Waals surface area contributed by atoms with Crippen molar-refractivity contribution in [3.8, 4) is 5.88 Å². The van der Waals surface area contributed by atoms with Crippen molar-refractivity contribution < 1.29 is 19.1 Å². The average Bonchev–Trinajstić information content (AvgIpc) is 2.58. The van der Waals surface area contributed by atoms with Gasteiger partial charge in [0, 0.05) is 11.9 Å². The Hall–Kier alpha value is -2.63. The smallest absolute Gasteiger partial charge is 0.307 e. The molecule has 0 radical (unpaired) electrons. The van der Waals surface area contributed by atoms with Crippen molar-refractivity contribution in [1.82, 2.24) is 10.3 Å². The number of carbonyl (C=O) groups excluding carboxylic acids is 2. The molecule has 0 unspecified atom stereocenters. The van der Waals surface area contributed by atoms with Gasteiger partial charge in [-0.05, 0) is 23.9 Å². The van der Waals surface area contributed by atoms with Crippen LogP contribution in [0.15, 0.2) is 30.3 Å². The number of rotatable bonds is 7. The molecule has 1 amide bonds. The number of pyridine rings is 1. The summed E-state index contributed by atoms with van der Waals surface area (Å²) in [4.78, 5) is 27.8. The molecular formula is C17H20N2O4. The Labute approximate surface area is 134 Å². The molecule has 1 aromatic heterocycles. The summed E-state index contributed by atoms with van der Waals surface area (Å²) in [6.07, 6.45) is 0.912. The van der Waals surface area contributed by atoms with Crippen LogP contribution < -0.4 is 10.1 Å². The zero-order valence-corrected chi connectivity index (χ0v) is 13.3. The van der Waals surface area contributed by atoms with Gasteiger partial charge < -0.3 is 14.8 Å². The van der Waals surface area contributed by atoms with Gasteiger partial charge in [0.1, 0.15) is 5.69 Å². The van der Waals surface area contributed by atoms with Crippen molar-refractivity contribution in [3.05, 3.63) is 36.0 Å². The first-order chi connectivity index (χ1) is 11.2. The van der Waals surface area contributed by atoms with Crippen molar-refractivity contribution in [2.24, 2.45) is 0 Å². The first kappa shape index (κ1) is 16.7. The number of carbonyl (C=O) groups is 2. The highest BCUT2D eigenvalue weighted by molar-refractivity contribution is 5.98. The maximum atomic E-state index is 12.2. The number of hydrogen-bond donors (Lipinski definition) is 1. The molecule has 0 bridgehead atoms. The largest absolute Gasteiger partial charge is 0.481 e. The van der Waals surface area contributed by atoms with E-state index >= 15 is 0 Å². The van der Waals surface area contributed by atoms with Crippen molar-refractivity contribution in [1.29, 1.82) is 0 Å². The highest BCUT2D eigenvalue weighted by atomic mass is 16.5. The number of methoxy groups -OCH3 is 1. The molecule has 0 saturated carbocycles. The molecule has 2 aromatic rings. The molecule has 1 N–H and O–H groups in total. The van der Waals surface area contributed by atoms with E-state index < -0.39 is 0 Å². The van der Waals surface area contributed by atoms with Gasteiger partial charge in [0.2, 0.25) is 5.88 Å². The summed E-state index contributed by atoms with van der Waals surface area (Å²) < 4.78 is 10.2. The SMILES string of the molecule is CCCOC(=O)CCNC(=O)c1cc2ccccc2c(OC)n1. The average molecular weight is 316 g/mol. The lowest BCUT2D eigenvalue weighted by Crippen LogP contribution is -2.27. The first-order valence-electron chi connectivity index (χ1n) is 7.53. The van der Waals surface area contributed by atoms with E-state index in [4.69, 9.17) is 9.47 Å². The van der Waals surface area contributed by atoms with E-state index in [9.17, 15) is 9.59 Å². The number of aromatic nitrogens is 1. The van der Waals surface area contributed by atoms with Crippen LogP contribution >= 0.6 is 0 Å². The minimum atomic E-state index is -0.350. The fourth-order valence-corrected chi connectivity index (χ4v) is 2.10. The van der Waals surface area contributed by atoms with Crippen molar-refractivity contribution in [2.75, 3.05) is 20.3 Å². The second-order valence-electron chi connectivity index (χ2n) is 4.96. The van der Waals surface area contributed by atoms with Crippen molar-refractivity contribution in [3.63, 3.8) is 0 Å². The van der Waals surface area contributed by atoms with E-state index in [1.54, 1.807) is 6.07 Å². The van der Waals surface area contributed by atoms with Crippen LogP contribution in [0.3, 0.4) is 0 Å². The fraction of sp³-hybridized carbons (Fsp3) is 0.353. The number of esters is 1.